The third-order valence-electron chi connectivity index (χ3n) is 11.3. The second-order valence-electron chi connectivity index (χ2n) is 17.8. The van der Waals surface area contributed by atoms with Crippen molar-refractivity contribution in [1.82, 2.24) is 42.5 Å². The van der Waals surface area contributed by atoms with Gasteiger partial charge in [0.05, 0.1) is 18.1 Å². The van der Waals surface area contributed by atoms with E-state index in [1.807, 2.05) is 65.8 Å². The van der Waals surface area contributed by atoms with Crippen LogP contribution >= 0.6 is 0 Å². The van der Waals surface area contributed by atoms with Crippen LogP contribution in [0.5, 0.6) is 0 Å². The van der Waals surface area contributed by atoms with Gasteiger partial charge in [-0.2, -0.15) is 0 Å². The Morgan fingerprint density at radius 2 is 1.22 bits per heavy atom. The van der Waals surface area contributed by atoms with Crippen molar-refractivity contribution < 1.29 is 33.6 Å². The van der Waals surface area contributed by atoms with Crippen LogP contribution in [0.4, 0.5) is 0 Å². The summed E-state index contributed by atoms with van der Waals surface area (Å²) >= 11 is 0. The lowest BCUT2D eigenvalue weighted by Crippen LogP contribution is -2.59. The Hall–Kier alpha value is -4.37. The molecule has 15 heteroatoms. The van der Waals surface area contributed by atoms with Gasteiger partial charge in [0.2, 0.25) is 35.4 Å². The van der Waals surface area contributed by atoms with Crippen molar-refractivity contribution in [2.45, 2.75) is 169 Å². The molecular weight excluding hydrogens is 753 g/mol. The molecule has 0 spiro atoms. The molecule has 0 aliphatic heterocycles. The second kappa shape index (κ2) is 24.0. The maximum absolute atomic E-state index is 14.0. The van der Waals surface area contributed by atoms with Gasteiger partial charge in [0.25, 0.3) is 0 Å². The van der Waals surface area contributed by atoms with Gasteiger partial charge >= 0.3 is 0 Å². The third-order valence-corrected chi connectivity index (χ3v) is 11.3. The molecule has 2 rings (SSSR count). The van der Waals surface area contributed by atoms with Gasteiger partial charge in [-0.1, -0.05) is 72.7 Å². The summed E-state index contributed by atoms with van der Waals surface area (Å²) in [7, 11) is 3.29. The number of nitrogens with one attached hydrogen (secondary N) is 8. The summed E-state index contributed by atoms with van der Waals surface area (Å²) in [6, 6.07) is 2.50. The topological polar surface area (TPSA) is 216 Å². The van der Waals surface area contributed by atoms with Gasteiger partial charge in [0, 0.05) is 18.9 Å². The number of hydrogen-bond donors (Lipinski definition) is 8. The first kappa shape index (κ1) is 50.8. The normalized spacial score (nSPS) is 17.6. The van der Waals surface area contributed by atoms with Gasteiger partial charge in [-0.05, 0) is 102 Å². The number of fused-ring (bicyclic) bond motifs is 1. The second-order valence-corrected chi connectivity index (χ2v) is 17.8. The number of carbonyl (C=O) groups is 7. The van der Waals surface area contributed by atoms with Crippen LogP contribution in [0.3, 0.4) is 0 Å². The van der Waals surface area contributed by atoms with Crippen molar-refractivity contribution in [3.63, 3.8) is 0 Å². The van der Waals surface area contributed by atoms with Crippen LogP contribution in [0, 0.1) is 17.3 Å². The Kier molecular flexibility index (Phi) is 20.7. The molecule has 0 radical (unpaired) electrons. The molecule has 8 N–H and O–H groups in total. The van der Waals surface area contributed by atoms with Crippen LogP contribution in [0.2, 0.25) is 0 Å². The minimum atomic E-state index is -1.08. The zero-order valence-corrected chi connectivity index (χ0v) is 37.6. The number of benzene rings is 1. The minimum absolute atomic E-state index is 0.00978. The van der Waals surface area contributed by atoms with E-state index < -0.39 is 65.3 Å². The van der Waals surface area contributed by atoms with Crippen molar-refractivity contribution in [1.29, 1.82) is 0 Å². The van der Waals surface area contributed by atoms with E-state index in [1.54, 1.807) is 41.8 Å². The van der Waals surface area contributed by atoms with E-state index in [-0.39, 0.29) is 73.6 Å². The Balaban J connectivity index is 2.25. The van der Waals surface area contributed by atoms with Crippen molar-refractivity contribution in [2.75, 3.05) is 14.1 Å². The average Bonchev–Trinajstić information content (AvgIpc) is 3.18. The molecule has 0 aromatic heterocycles. The number of aryl methyl sites for hydroxylation is 1. The molecule has 1 aromatic carbocycles. The molecule has 0 bridgehead atoms. The lowest BCUT2D eigenvalue weighted by Gasteiger charge is -2.33. The standard InChI is InChI=1S/C44H74N8O7/c1-25(2)27(5)47-40(56)34(49-42(58)36(26(3)4)51-38(54)28(6)45-11)22-16-19-31(53)23-24-35(41(57)48-33-21-15-18-30-17-13-14-20-32(30)33)50-43(59)37(44(8,9)10)52-39(55)29(7)46-12/h13-14,17,20,25-29,33-37,45-46H,15-16,18-19,21-24H2,1-12H3,(H,47,56)(H,48,57)(H,49,58)(H,50,59)(H,51,54)(H,52,55)/t27-,28+,29+,33-,34+,35+,36+,37-/m1/s1. The number of rotatable bonds is 23. The maximum Gasteiger partial charge on any atom is 0.243 e. The zero-order chi connectivity index (χ0) is 44.6. The van der Waals surface area contributed by atoms with Crippen LogP contribution in [0.15, 0.2) is 24.3 Å². The van der Waals surface area contributed by atoms with Crippen molar-refractivity contribution in [3.8, 4) is 0 Å². The fourth-order valence-electron chi connectivity index (χ4n) is 6.67. The Morgan fingerprint density at radius 1 is 0.644 bits per heavy atom. The molecule has 6 amide bonds. The van der Waals surface area contributed by atoms with Crippen LogP contribution in [0.1, 0.15) is 131 Å². The molecule has 0 saturated heterocycles. The Labute approximate surface area is 352 Å². The number of amides is 6. The smallest absolute Gasteiger partial charge is 0.243 e. The monoisotopic (exact) mass is 827 g/mol. The highest BCUT2D eigenvalue weighted by Gasteiger charge is 2.37. The summed E-state index contributed by atoms with van der Waals surface area (Å²) < 4.78 is 0. The van der Waals surface area contributed by atoms with Crippen LogP contribution in [-0.2, 0) is 40.0 Å². The first-order valence-corrected chi connectivity index (χ1v) is 21.4. The number of hydrogen-bond acceptors (Lipinski definition) is 9. The van der Waals surface area contributed by atoms with E-state index in [9.17, 15) is 33.6 Å². The van der Waals surface area contributed by atoms with E-state index in [0.29, 0.717) is 0 Å². The van der Waals surface area contributed by atoms with Gasteiger partial charge in [0.15, 0.2) is 0 Å². The van der Waals surface area contributed by atoms with E-state index >= 15 is 0 Å². The fourth-order valence-corrected chi connectivity index (χ4v) is 6.67. The first-order chi connectivity index (χ1) is 27.6. The Bertz CT molecular complexity index is 1590. The van der Waals surface area contributed by atoms with E-state index in [0.717, 1.165) is 30.4 Å². The van der Waals surface area contributed by atoms with E-state index in [2.05, 4.69) is 42.5 Å². The molecule has 0 unspecified atom stereocenters. The Morgan fingerprint density at radius 3 is 1.80 bits per heavy atom. The SMILES string of the molecule is CN[C@@H](C)C(=O)N[C@H](C(=O)N[C@@H](CCCC(=O)CC[C@H](NC(=O)[C@@H](NC(=O)[C@H](C)NC)C(C)(C)C)C(=O)N[C@@H]1CCCc2ccccc21)C(=O)N[C@H](C)C(C)C)C(C)C. The summed E-state index contributed by atoms with van der Waals surface area (Å²) in [4.78, 5) is 93.9. The molecule has 1 aliphatic rings. The van der Waals surface area contributed by atoms with Gasteiger partial charge in [-0.25, -0.2) is 0 Å². The van der Waals surface area contributed by atoms with Crippen molar-refractivity contribution >= 4 is 41.2 Å². The molecule has 0 fully saturated rings. The zero-order valence-electron chi connectivity index (χ0n) is 37.6. The van der Waals surface area contributed by atoms with E-state index in [4.69, 9.17) is 0 Å². The highest BCUT2D eigenvalue weighted by Crippen LogP contribution is 2.29. The highest BCUT2D eigenvalue weighted by atomic mass is 16.2. The molecule has 0 saturated carbocycles. The quantitative estimate of drug-likeness (QED) is 0.0814. The predicted molar refractivity (Wildman–Crippen MR) is 230 cm³/mol. The third kappa shape index (κ3) is 16.3. The maximum atomic E-state index is 14.0. The van der Waals surface area contributed by atoms with Crippen molar-refractivity contribution in [3.05, 3.63) is 35.4 Å². The minimum Gasteiger partial charge on any atom is -0.352 e. The lowest BCUT2D eigenvalue weighted by atomic mass is 9.85. The van der Waals surface area contributed by atoms with Gasteiger partial charge < -0.3 is 42.5 Å². The molecule has 8 atom stereocenters. The summed E-state index contributed by atoms with van der Waals surface area (Å²) in [5.74, 6) is -2.90. The van der Waals surface area contributed by atoms with E-state index in [1.165, 1.54) is 0 Å². The first-order valence-electron chi connectivity index (χ1n) is 21.4. The molecule has 0 heterocycles. The molecule has 1 aromatic rings. The van der Waals surface area contributed by atoms with Crippen LogP contribution < -0.4 is 42.5 Å². The number of Topliss-reactive ketones (excluding diaryl/α,β-unsaturated/α-hetero) is 1. The van der Waals surface area contributed by atoms with Crippen molar-refractivity contribution in [2.24, 2.45) is 17.3 Å². The molecule has 59 heavy (non-hydrogen) atoms. The fraction of sp³-hybridized carbons (Fsp3) is 0.705. The number of ketones is 1. The largest absolute Gasteiger partial charge is 0.352 e. The van der Waals surface area contributed by atoms with Gasteiger partial charge in [-0.15, -0.1) is 0 Å². The van der Waals surface area contributed by atoms with Gasteiger partial charge in [0.1, 0.15) is 30.0 Å². The average molecular weight is 827 g/mol. The molecule has 1 aliphatic carbocycles. The summed E-state index contributed by atoms with van der Waals surface area (Å²) in [5.41, 5.74) is 1.48. The summed E-state index contributed by atoms with van der Waals surface area (Å²) in [6.45, 7) is 18.2. The summed E-state index contributed by atoms with van der Waals surface area (Å²) in [5, 5.41) is 23.1. The molecular formula is C44H74N8O7. The van der Waals surface area contributed by atoms with Gasteiger partial charge in [-0.3, -0.25) is 33.6 Å². The molecule has 15 nitrogen and oxygen atoms in total. The number of carbonyl (C=O) groups excluding carboxylic acids is 7. The summed E-state index contributed by atoms with van der Waals surface area (Å²) in [6.07, 6.45) is 2.96. The highest BCUT2D eigenvalue weighted by molar-refractivity contribution is 5.94. The van der Waals surface area contributed by atoms with Crippen LogP contribution in [0.25, 0.3) is 0 Å². The molecule has 332 valence electrons. The lowest BCUT2D eigenvalue weighted by molar-refractivity contribution is -0.135. The van der Waals surface area contributed by atoms with Crippen LogP contribution in [-0.4, -0.2) is 97.6 Å². The number of likely N-dealkylation sites (N-methyl/N-ethyl adjacent to an activating group) is 2. The predicted octanol–water partition coefficient (Wildman–Crippen LogP) is 2.72.